The molecule has 0 radical (unpaired) electrons. The number of hydrogen-bond acceptors (Lipinski definition) is 7. The lowest BCUT2D eigenvalue weighted by molar-refractivity contribution is -0.137. The molecular formula is C26H34F4N6O. The molecule has 3 fully saturated rings. The highest BCUT2D eigenvalue weighted by atomic mass is 19.4. The van der Waals surface area contributed by atoms with Gasteiger partial charge in [-0.05, 0) is 64.4 Å². The molecule has 4 aliphatic rings. The minimum atomic E-state index is -4.65. The van der Waals surface area contributed by atoms with Gasteiger partial charge in [0.2, 0.25) is 0 Å². The van der Waals surface area contributed by atoms with Crippen molar-refractivity contribution < 1.29 is 22.3 Å². The molecule has 6 rings (SSSR count). The van der Waals surface area contributed by atoms with Crippen molar-refractivity contribution in [3.8, 4) is 6.01 Å². The van der Waals surface area contributed by atoms with Gasteiger partial charge in [-0.15, -0.1) is 0 Å². The number of alkyl halides is 3. The first-order chi connectivity index (χ1) is 17.7. The minimum Gasteiger partial charge on any atom is -0.467 e. The number of likely N-dealkylation sites (tertiary alicyclic amines) is 1. The maximum atomic E-state index is 14.5. The van der Waals surface area contributed by atoms with E-state index < -0.39 is 23.2 Å². The van der Waals surface area contributed by atoms with E-state index in [0.29, 0.717) is 24.2 Å². The summed E-state index contributed by atoms with van der Waals surface area (Å²) in [5, 5.41) is 3.58. The highest BCUT2D eigenvalue weighted by molar-refractivity contribution is 5.60. The number of benzene rings is 1. The lowest BCUT2D eigenvalue weighted by Gasteiger charge is -2.37. The number of nitrogens with one attached hydrogen (secondary N) is 1. The number of nitrogens with zero attached hydrogens (tertiary/aromatic N) is 5. The quantitative estimate of drug-likeness (QED) is 0.615. The maximum Gasteiger partial charge on any atom is 0.418 e. The largest absolute Gasteiger partial charge is 0.467 e. The molecule has 0 saturated carbocycles. The number of hydrogen-bond donors (Lipinski definition) is 1. The molecule has 5 heterocycles. The van der Waals surface area contributed by atoms with Gasteiger partial charge >= 0.3 is 12.2 Å². The number of aromatic nitrogens is 2. The van der Waals surface area contributed by atoms with Gasteiger partial charge < -0.3 is 24.8 Å². The van der Waals surface area contributed by atoms with E-state index >= 15 is 0 Å². The second kappa shape index (κ2) is 10.6. The Kier molecular flexibility index (Phi) is 7.44. The average Bonchev–Trinajstić information content (AvgIpc) is 3.49. The van der Waals surface area contributed by atoms with Crippen molar-refractivity contribution >= 4 is 11.5 Å². The summed E-state index contributed by atoms with van der Waals surface area (Å²) in [6.07, 6.45) is 0.846. The summed E-state index contributed by atoms with van der Waals surface area (Å²) in [5.41, 5.74) is 0.0782. The van der Waals surface area contributed by atoms with Crippen molar-refractivity contribution in [2.45, 2.75) is 56.9 Å². The molecule has 1 aromatic heterocycles. The zero-order chi connectivity index (χ0) is 26.2. The number of para-hydroxylation sites is 1. The van der Waals surface area contributed by atoms with E-state index in [1.165, 1.54) is 37.9 Å². The smallest absolute Gasteiger partial charge is 0.418 e. The fourth-order valence-corrected chi connectivity index (χ4v) is 5.84. The Balaban J connectivity index is 0.000000412. The number of piperazine rings is 1. The third-order valence-electron chi connectivity index (χ3n) is 7.66. The molecule has 2 atom stereocenters. The van der Waals surface area contributed by atoms with E-state index in [1.54, 1.807) is 0 Å². The number of ether oxygens (including phenoxy) is 1. The number of methoxy groups -OCH3 is 1. The molecule has 4 aliphatic heterocycles. The molecule has 2 bridgehead atoms. The fourth-order valence-electron chi connectivity index (χ4n) is 5.84. The van der Waals surface area contributed by atoms with Gasteiger partial charge in [0.15, 0.2) is 0 Å². The first-order valence-corrected chi connectivity index (χ1v) is 13.0. The molecule has 0 amide bonds. The van der Waals surface area contributed by atoms with E-state index in [0.717, 1.165) is 55.5 Å². The Hall–Kier alpha value is -2.66. The topological polar surface area (TPSA) is 56.8 Å². The van der Waals surface area contributed by atoms with Crippen LogP contribution in [-0.2, 0) is 19.1 Å². The van der Waals surface area contributed by atoms with E-state index in [2.05, 4.69) is 32.1 Å². The summed E-state index contributed by atoms with van der Waals surface area (Å²) in [5.74, 6) is -0.109. The van der Waals surface area contributed by atoms with Crippen LogP contribution in [0.4, 0.5) is 29.1 Å². The molecule has 0 spiro atoms. The second-order valence-electron chi connectivity index (χ2n) is 10.3. The molecule has 0 aliphatic carbocycles. The average molecular weight is 523 g/mol. The lowest BCUT2D eigenvalue weighted by atomic mass is 10.0. The van der Waals surface area contributed by atoms with E-state index in [1.807, 2.05) is 0 Å². The van der Waals surface area contributed by atoms with Crippen molar-refractivity contribution in [1.82, 2.24) is 20.2 Å². The fraction of sp³-hybridized carbons (Fsp3) is 0.615. The van der Waals surface area contributed by atoms with Gasteiger partial charge in [0.1, 0.15) is 11.6 Å². The van der Waals surface area contributed by atoms with Crippen LogP contribution in [0.3, 0.4) is 0 Å². The van der Waals surface area contributed by atoms with Crippen LogP contribution >= 0.6 is 0 Å². The summed E-state index contributed by atoms with van der Waals surface area (Å²) in [6, 6.07) is 4.04. The van der Waals surface area contributed by atoms with E-state index in [-0.39, 0.29) is 19.1 Å². The summed E-state index contributed by atoms with van der Waals surface area (Å²) < 4.78 is 60.4. The Bertz CT molecular complexity index is 1100. The maximum absolute atomic E-state index is 14.5. The van der Waals surface area contributed by atoms with Gasteiger partial charge in [-0.2, -0.15) is 23.1 Å². The van der Waals surface area contributed by atoms with Gasteiger partial charge in [0.05, 0.1) is 30.6 Å². The van der Waals surface area contributed by atoms with Crippen molar-refractivity contribution in [3.63, 3.8) is 0 Å². The van der Waals surface area contributed by atoms with Gasteiger partial charge in [-0.3, -0.25) is 0 Å². The number of halogens is 4. The van der Waals surface area contributed by atoms with Crippen molar-refractivity contribution in [2.75, 3.05) is 56.7 Å². The summed E-state index contributed by atoms with van der Waals surface area (Å²) in [6.45, 7) is 4.58. The van der Waals surface area contributed by atoms with Crippen LogP contribution in [0, 0.1) is 5.82 Å². The molecular weight excluding hydrogens is 488 g/mol. The summed E-state index contributed by atoms with van der Waals surface area (Å²) in [4.78, 5) is 15.0. The first kappa shape index (κ1) is 26.0. The van der Waals surface area contributed by atoms with Crippen LogP contribution in [0.2, 0.25) is 0 Å². The molecule has 202 valence electrons. The second-order valence-corrected chi connectivity index (χ2v) is 10.3. The van der Waals surface area contributed by atoms with Gasteiger partial charge in [-0.25, -0.2) is 4.39 Å². The first-order valence-electron chi connectivity index (χ1n) is 13.0. The summed E-state index contributed by atoms with van der Waals surface area (Å²) in [7, 11) is 3.64. The van der Waals surface area contributed by atoms with E-state index in [4.69, 9.17) is 4.74 Å². The molecule has 3 saturated heterocycles. The van der Waals surface area contributed by atoms with Crippen molar-refractivity contribution in [1.29, 1.82) is 0 Å². The predicted molar refractivity (Wildman–Crippen MR) is 134 cm³/mol. The highest BCUT2D eigenvalue weighted by Crippen LogP contribution is 2.40. The highest BCUT2D eigenvalue weighted by Gasteiger charge is 2.39. The molecule has 11 heteroatoms. The molecule has 2 unspecified atom stereocenters. The van der Waals surface area contributed by atoms with Gasteiger partial charge in [0.25, 0.3) is 0 Å². The molecule has 1 N–H and O–H groups in total. The third kappa shape index (κ3) is 5.62. The predicted octanol–water partition coefficient (Wildman–Crippen LogP) is 3.86. The number of rotatable bonds is 3. The van der Waals surface area contributed by atoms with Gasteiger partial charge in [0, 0.05) is 37.3 Å². The Morgan fingerprint density at radius 1 is 1.00 bits per heavy atom. The Morgan fingerprint density at radius 2 is 1.70 bits per heavy atom. The van der Waals surface area contributed by atoms with Crippen molar-refractivity contribution in [3.05, 3.63) is 40.8 Å². The van der Waals surface area contributed by atoms with Crippen LogP contribution in [0.15, 0.2) is 18.2 Å². The molecule has 37 heavy (non-hydrogen) atoms. The zero-order valence-electron chi connectivity index (χ0n) is 21.3. The van der Waals surface area contributed by atoms with E-state index in [9.17, 15) is 17.6 Å². The Morgan fingerprint density at radius 3 is 2.30 bits per heavy atom. The monoisotopic (exact) mass is 522 g/mol. The number of anilines is 2. The standard InChI is InChI=1S/C21H23F4N5O.C5H11N/c1-31-20-27-17-11-29(18-15(21(23,24)25)3-2-4-16(18)22)8-7-14(17)19(28-20)30-9-12-5-6-13(10-30)26-12;1-6-4-2-3-5-6/h2-4,12-13,26H,5-11H2,1H3;2-5H2,1H3. The molecule has 7 nitrogen and oxygen atoms in total. The minimum absolute atomic E-state index is 0.0597. The van der Waals surface area contributed by atoms with Crippen molar-refractivity contribution in [2.24, 2.45) is 0 Å². The van der Waals surface area contributed by atoms with Gasteiger partial charge in [-0.1, -0.05) is 6.07 Å². The Labute approximate surface area is 214 Å². The summed E-state index contributed by atoms with van der Waals surface area (Å²) >= 11 is 0. The third-order valence-corrected chi connectivity index (χ3v) is 7.66. The normalized spacial score (nSPS) is 23.5. The van der Waals surface area contributed by atoms with Crippen LogP contribution in [0.1, 0.15) is 42.5 Å². The van der Waals surface area contributed by atoms with Crippen LogP contribution < -0.4 is 19.9 Å². The van der Waals surface area contributed by atoms with Crippen LogP contribution in [-0.4, -0.2) is 73.8 Å². The van der Waals surface area contributed by atoms with Crippen LogP contribution in [0.25, 0.3) is 0 Å². The number of fused-ring (bicyclic) bond motifs is 3. The SMILES string of the molecule is CN1CCCC1.COc1nc2c(c(N3CC4CCC(C3)N4)n1)CCN(c1c(F)cccc1C(F)(F)F)C2. The zero-order valence-corrected chi connectivity index (χ0v) is 21.3. The molecule has 2 aromatic rings. The van der Waals surface area contributed by atoms with Crippen LogP contribution in [0.5, 0.6) is 6.01 Å². The lowest BCUT2D eigenvalue weighted by Crippen LogP contribution is -2.52. The molecule has 1 aromatic carbocycles.